The van der Waals surface area contributed by atoms with Crippen LogP contribution in [0.1, 0.15) is 51.0 Å². The van der Waals surface area contributed by atoms with Crippen LogP contribution in [-0.2, 0) is 5.60 Å². The van der Waals surface area contributed by atoms with Crippen molar-refractivity contribution < 1.29 is 5.11 Å². The highest BCUT2D eigenvalue weighted by Crippen LogP contribution is 2.41. The molecule has 0 aliphatic heterocycles. The van der Waals surface area contributed by atoms with Crippen LogP contribution < -0.4 is 0 Å². The van der Waals surface area contributed by atoms with E-state index < -0.39 is 5.60 Å². The monoisotopic (exact) mass is 330 g/mol. The Morgan fingerprint density at radius 2 is 1.83 bits per heavy atom. The molecule has 2 rings (SSSR count). The third-order valence-electron chi connectivity index (χ3n) is 4.13. The quantitative estimate of drug-likeness (QED) is 0.731. The smallest absolute Gasteiger partial charge is 0.0910 e. The fourth-order valence-corrected chi connectivity index (χ4v) is 3.83. The Labute approximate surface area is 123 Å². The zero-order valence-electron chi connectivity index (χ0n) is 10.8. The average Bonchev–Trinajstić information content (AvgIpc) is 2.57. The molecule has 1 unspecified atom stereocenters. The largest absolute Gasteiger partial charge is 0.385 e. The average molecular weight is 332 g/mol. The second-order valence-corrected chi connectivity index (χ2v) is 6.78. The van der Waals surface area contributed by atoms with Crippen molar-refractivity contribution in [3.8, 4) is 0 Å². The number of benzene rings is 1. The maximum Gasteiger partial charge on any atom is 0.0910 e. The van der Waals surface area contributed by atoms with Gasteiger partial charge in [-0.25, -0.2) is 0 Å². The number of rotatable bonds is 2. The second-order valence-electron chi connectivity index (χ2n) is 5.46. The molecule has 0 amide bonds. The SMILES string of the molecule is CC(O)(c1ccc(Br)cc1Cl)C1CCCCCC1. The first-order valence-electron chi connectivity index (χ1n) is 6.69. The minimum Gasteiger partial charge on any atom is -0.385 e. The molecule has 0 spiro atoms. The number of halogens is 2. The van der Waals surface area contributed by atoms with E-state index in [4.69, 9.17) is 11.6 Å². The zero-order chi connectivity index (χ0) is 13.2. The molecular formula is C15H20BrClO. The molecule has 1 aliphatic rings. The lowest BCUT2D eigenvalue weighted by Gasteiger charge is -2.33. The van der Waals surface area contributed by atoms with Crippen LogP contribution in [0.2, 0.25) is 5.02 Å². The molecule has 1 aromatic rings. The van der Waals surface area contributed by atoms with Gasteiger partial charge in [0.2, 0.25) is 0 Å². The fraction of sp³-hybridized carbons (Fsp3) is 0.600. The van der Waals surface area contributed by atoms with Crippen LogP contribution >= 0.6 is 27.5 Å². The Morgan fingerprint density at radius 3 is 2.39 bits per heavy atom. The third-order valence-corrected chi connectivity index (χ3v) is 4.93. The maximum absolute atomic E-state index is 10.9. The van der Waals surface area contributed by atoms with Gasteiger partial charge in [-0.15, -0.1) is 0 Å². The van der Waals surface area contributed by atoms with E-state index in [9.17, 15) is 5.11 Å². The van der Waals surface area contributed by atoms with E-state index in [-0.39, 0.29) is 0 Å². The van der Waals surface area contributed by atoms with Gasteiger partial charge >= 0.3 is 0 Å². The van der Waals surface area contributed by atoms with Crippen molar-refractivity contribution in [1.82, 2.24) is 0 Å². The Kier molecular flexibility index (Phi) is 4.74. The molecule has 1 aromatic carbocycles. The topological polar surface area (TPSA) is 20.2 Å². The van der Waals surface area contributed by atoms with Crippen molar-refractivity contribution in [2.45, 2.75) is 51.0 Å². The van der Waals surface area contributed by atoms with Crippen LogP contribution in [0.5, 0.6) is 0 Å². The molecule has 0 aromatic heterocycles. The van der Waals surface area contributed by atoms with E-state index in [1.807, 2.05) is 25.1 Å². The van der Waals surface area contributed by atoms with E-state index >= 15 is 0 Å². The van der Waals surface area contributed by atoms with Crippen LogP contribution in [-0.4, -0.2) is 5.11 Å². The molecular weight excluding hydrogens is 312 g/mol. The van der Waals surface area contributed by atoms with E-state index in [1.165, 1.54) is 25.7 Å². The van der Waals surface area contributed by atoms with E-state index in [1.54, 1.807) is 0 Å². The normalized spacial score (nSPS) is 21.3. The maximum atomic E-state index is 10.9. The fourth-order valence-electron chi connectivity index (χ4n) is 2.96. The number of hydrogen-bond acceptors (Lipinski definition) is 1. The van der Waals surface area contributed by atoms with Gasteiger partial charge in [0.15, 0.2) is 0 Å². The Bertz CT molecular complexity index is 409. The lowest BCUT2D eigenvalue weighted by Crippen LogP contribution is -2.32. The molecule has 0 radical (unpaired) electrons. The van der Waals surface area contributed by atoms with Crippen LogP contribution in [0.15, 0.2) is 22.7 Å². The van der Waals surface area contributed by atoms with Gasteiger partial charge in [0, 0.05) is 15.1 Å². The highest BCUT2D eigenvalue weighted by Gasteiger charge is 2.35. The summed E-state index contributed by atoms with van der Waals surface area (Å²) >= 11 is 9.69. The molecule has 100 valence electrons. The van der Waals surface area contributed by atoms with Crippen molar-refractivity contribution in [2.75, 3.05) is 0 Å². The molecule has 18 heavy (non-hydrogen) atoms. The van der Waals surface area contributed by atoms with Gasteiger partial charge in [-0.05, 0) is 37.8 Å². The first-order chi connectivity index (χ1) is 8.51. The molecule has 1 fully saturated rings. The standard InChI is InChI=1S/C15H20BrClO/c1-15(18,11-6-4-2-3-5-7-11)13-9-8-12(16)10-14(13)17/h8-11,18H,2-7H2,1H3. The first kappa shape index (κ1) is 14.4. The predicted octanol–water partition coefficient (Wildman–Crippen LogP) is 5.28. The van der Waals surface area contributed by atoms with Crippen LogP contribution in [0, 0.1) is 5.92 Å². The molecule has 1 N–H and O–H groups in total. The lowest BCUT2D eigenvalue weighted by molar-refractivity contribution is -0.0125. The summed E-state index contributed by atoms with van der Waals surface area (Å²) in [5.41, 5.74) is 0.0431. The molecule has 0 heterocycles. The molecule has 0 bridgehead atoms. The van der Waals surface area contributed by atoms with Crippen LogP contribution in [0.4, 0.5) is 0 Å². The summed E-state index contributed by atoms with van der Waals surface area (Å²) in [5.74, 6) is 0.318. The minimum atomic E-state index is -0.817. The minimum absolute atomic E-state index is 0.318. The van der Waals surface area contributed by atoms with Gasteiger partial charge in [0.1, 0.15) is 0 Å². The van der Waals surface area contributed by atoms with Gasteiger partial charge in [-0.1, -0.05) is 59.3 Å². The summed E-state index contributed by atoms with van der Waals surface area (Å²) in [5, 5.41) is 11.6. The summed E-state index contributed by atoms with van der Waals surface area (Å²) in [6.45, 7) is 1.91. The summed E-state index contributed by atoms with van der Waals surface area (Å²) in [6, 6.07) is 5.76. The summed E-state index contributed by atoms with van der Waals surface area (Å²) in [4.78, 5) is 0. The van der Waals surface area contributed by atoms with Gasteiger partial charge in [0.25, 0.3) is 0 Å². The van der Waals surface area contributed by atoms with Crippen molar-refractivity contribution in [2.24, 2.45) is 5.92 Å². The third kappa shape index (κ3) is 3.09. The molecule has 0 saturated heterocycles. The summed E-state index contributed by atoms with van der Waals surface area (Å²) in [7, 11) is 0. The predicted molar refractivity (Wildman–Crippen MR) is 79.9 cm³/mol. The van der Waals surface area contributed by atoms with Gasteiger partial charge in [-0.2, -0.15) is 0 Å². The van der Waals surface area contributed by atoms with Crippen molar-refractivity contribution in [1.29, 1.82) is 0 Å². The van der Waals surface area contributed by atoms with E-state index in [0.29, 0.717) is 10.9 Å². The van der Waals surface area contributed by atoms with Crippen molar-refractivity contribution in [3.63, 3.8) is 0 Å². The van der Waals surface area contributed by atoms with Gasteiger partial charge < -0.3 is 5.11 Å². The highest BCUT2D eigenvalue weighted by molar-refractivity contribution is 9.10. The molecule has 1 atom stereocenters. The molecule has 1 nitrogen and oxygen atoms in total. The lowest BCUT2D eigenvalue weighted by atomic mass is 9.78. The molecule has 3 heteroatoms. The van der Waals surface area contributed by atoms with E-state index in [0.717, 1.165) is 22.9 Å². The zero-order valence-corrected chi connectivity index (χ0v) is 13.1. The van der Waals surface area contributed by atoms with E-state index in [2.05, 4.69) is 15.9 Å². The summed E-state index contributed by atoms with van der Waals surface area (Å²) < 4.78 is 0.952. The van der Waals surface area contributed by atoms with Crippen molar-refractivity contribution in [3.05, 3.63) is 33.3 Å². The first-order valence-corrected chi connectivity index (χ1v) is 7.87. The molecule has 1 saturated carbocycles. The molecule has 1 aliphatic carbocycles. The summed E-state index contributed by atoms with van der Waals surface area (Å²) in [6.07, 6.45) is 7.21. The second kappa shape index (κ2) is 5.94. The van der Waals surface area contributed by atoms with Crippen molar-refractivity contribution >= 4 is 27.5 Å². The highest BCUT2D eigenvalue weighted by atomic mass is 79.9. The van der Waals surface area contributed by atoms with Gasteiger partial charge in [0.05, 0.1) is 5.60 Å². The Morgan fingerprint density at radius 1 is 1.22 bits per heavy atom. The van der Waals surface area contributed by atoms with Gasteiger partial charge in [-0.3, -0.25) is 0 Å². The number of hydrogen-bond donors (Lipinski definition) is 1. The Balaban J connectivity index is 2.27. The van der Waals surface area contributed by atoms with Crippen LogP contribution in [0.25, 0.3) is 0 Å². The Hall–Kier alpha value is -0.0500. The number of aliphatic hydroxyl groups is 1. The van der Waals surface area contributed by atoms with Crippen LogP contribution in [0.3, 0.4) is 0 Å².